The topological polar surface area (TPSA) is 41.5 Å². The van der Waals surface area contributed by atoms with Crippen LogP contribution in [-0.2, 0) is 4.74 Å². The van der Waals surface area contributed by atoms with Crippen molar-refractivity contribution in [3.63, 3.8) is 0 Å². The van der Waals surface area contributed by atoms with E-state index in [9.17, 15) is 5.11 Å². The van der Waals surface area contributed by atoms with Crippen molar-refractivity contribution >= 4 is 0 Å². The maximum absolute atomic E-state index is 10.5. The molecule has 1 aliphatic rings. The third kappa shape index (κ3) is 5.36. The standard InChI is InChI=1S/C14H29NO2/c1-4-13-5-8-14(16,9-6-13)11-15-12(2)7-10-17-3/h12-13,15-16H,4-11H2,1-3H3. The number of methoxy groups -OCH3 is 1. The molecule has 0 heterocycles. The Morgan fingerprint density at radius 1 is 1.41 bits per heavy atom. The van der Waals surface area contributed by atoms with Crippen molar-refractivity contribution in [3.05, 3.63) is 0 Å². The lowest BCUT2D eigenvalue weighted by Crippen LogP contribution is -2.46. The molecule has 1 atom stereocenters. The fourth-order valence-corrected chi connectivity index (χ4v) is 2.56. The molecule has 1 saturated carbocycles. The van der Waals surface area contributed by atoms with Crippen molar-refractivity contribution in [3.8, 4) is 0 Å². The van der Waals surface area contributed by atoms with E-state index < -0.39 is 5.60 Å². The highest BCUT2D eigenvalue weighted by Crippen LogP contribution is 2.33. The van der Waals surface area contributed by atoms with E-state index in [-0.39, 0.29) is 0 Å². The Labute approximate surface area is 106 Å². The van der Waals surface area contributed by atoms with E-state index in [2.05, 4.69) is 19.2 Å². The first-order valence-electron chi connectivity index (χ1n) is 7.04. The molecular formula is C14H29NO2. The molecule has 0 aliphatic heterocycles. The highest BCUT2D eigenvalue weighted by Gasteiger charge is 2.32. The van der Waals surface area contributed by atoms with Crippen LogP contribution in [0.2, 0.25) is 0 Å². The van der Waals surface area contributed by atoms with Crippen molar-refractivity contribution in [2.24, 2.45) is 5.92 Å². The Morgan fingerprint density at radius 3 is 2.59 bits per heavy atom. The van der Waals surface area contributed by atoms with Crippen LogP contribution in [0.4, 0.5) is 0 Å². The van der Waals surface area contributed by atoms with Crippen LogP contribution in [0.3, 0.4) is 0 Å². The molecule has 3 nitrogen and oxygen atoms in total. The second-order valence-electron chi connectivity index (χ2n) is 5.64. The SMILES string of the molecule is CCC1CCC(O)(CNC(C)CCOC)CC1. The highest BCUT2D eigenvalue weighted by atomic mass is 16.5. The zero-order chi connectivity index (χ0) is 12.7. The summed E-state index contributed by atoms with van der Waals surface area (Å²) < 4.78 is 5.06. The van der Waals surface area contributed by atoms with Crippen molar-refractivity contribution in [2.45, 2.75) is 64.0 Å². The van der Waals surface area contributed by atoms with Crippen LogP contribution >= 0.6 is 0 Å². The predicted molar refractivity (Wildman–Crippen MR) is 71.2 cm³/mol. The van der Waals surface area contributed by atoms with Crippen molar-refractivity contribution in [1.82, 2.24) is 5.32 Å². The summed E-state index contributed by atoms with van der Waals surface area (Å²) in [5, 5.41) is 13.9. The number of ether oxygens (including phenoxy) is 1. The summed E-state index contributed by atoms with van der Waals surface area (Å²) in [5.74, 6) is 0.834. The first kappa shape index (κ1) is 14.9. The first-order chi connectivity index (χ1) is 8.09. The lowest BCUT2D eigenvalue weighted by molar-refractivity contribution is -0.0109. The second kappa shape index (κ2) is 7.34. The Morgan fingerprint density at radius 2 is 2.06 bits per heavy atom. The number of aliphatic hydroxyl groups is 1. The summed E-state index contributed by atoms with van der Waals surface area (Å²) in [7, 11) is 1.73. The van der Waals surface area contributed by atoms with E-state index in [1.807, 2.05) is 0 Å². The number of hydrogen-bond acceptors (Lipinski definition) is 3. The van der Waals surface area contributed by atoms with Crippen LogP contribution in [0.25, 0.3) is 0 Å². The van der Waals surface area contributed by atoms with E-state index in [0.29, 0.717) is 6.04 Å². The molecule has 1 rings (SSSR count). The molecule has 1 unspecified atom stereocenters. The fraction of sp³-hybridized carbons (Fsp3) is 1.00. The highest BCUT2D eigenvalue weighted by molar-refractivity contribution is 4.87. The van der Waals surface area contributed by atoms with Gasteiger partial charge in [-0.3, -0.25) is 0 Å². The van der Waals surface area contributed by atoms with Gasteiger partial charge >= 0.3 is 0 Å². The zero-order valence-electron chi connectivity index (χ0n) is 11.7. The van der Waals surface area contributed by atoms with Gasteiger partial charge in [0.1, 0.15) is 0 Å². The molecule has 0 amide bonds. The van der Waals surface area contributed by atoms with Gasteiger partial charge in [-0.1, -0.05) is 13.3 Å². The zero-order valence-corrected chi connectivity index (χ0v) is 11.7. The molecule has 102 valence electrons. The fourth-order valence-electron chi connectivity index (χ4n) is 2.56. The molecule has 0 spiro atoms. The summed E-state index contributed by atoms with van der Waals surface area (Å²) in [6.45, 7) is 5.92. The lowest BCUT2D eigenvalue weighted by Gasteiger charge is -2.36. The van der Waals surface area contributed by atoms with E-state index in [1.165, 1.54) is 19.3 Å². The Bertz CT molecular complexity index is 200. The molecule has 2 N–H and O–H groups in total. The third-order valence-corrected chi connectivity index (χ3v) is 4.15. The largest absolute Gasteiger partial charge is 0.389 e. The predicted octanol–water partition coefficient (Wildman–Crippen LogP) is 2.33. The van der Waals surface area contributed by atoms with Crippen LogP contribution in [0.5, 0.6) is 0 Å². The molecule has 1 fully saturated rings. The van der Waals surface area contributed by atoms with Crippen LogP contribution in [0.15, 0.2) is 0 Å². The average Bonchev–Trinajstić information content (AvgIpc) is 2.35. The minimum atomic E-state index is -0.465. The van der Waals surface area contributed by atoms with Gasteiger partial charge in [-0.05, 0) is 44.9 Å². The van der Waals surface area contributed by atoms with Gasteiger partial charge in [0, 0.05) is 26.3 Å². The van der Waals surface area contributed by atoms with E-state index in [1.54, 1.807) is 7.11 Å². The van der Waals surface area contributed by atoms with Gasteiger partial charge in [0.15, 0.2) is 0 Å². The van der Waals surface area contributed by atoms with Crippen LogP contribution in [-0.4, -0.2) is 37.0 Å². The quantitative estimate of drug-likeness (QED) is 0.721. The van der Waals surface area contributed by atoms with Gasteiger partial charge in [-0.25, -0.2) is 0 Å². The summed E-state index contributed by atoms with van der Waals surface area (Å²) in [5.41, 5.74) is -0.465. The third-order valence-electron chi connectivity index (χ3n) is 4.15. The molecule has 0 radical (unpaired) electrons. The lowest BCUT2D eigenvalue weighted by atomic mass is 9.78. The summed E-state index contributed by atoms with van der Waals surface area (Å²) in [6, 6.07) is 0.419. The monoisotopic (exact) mass is 243 g/mol. The van der Waals surface area contributed by atoms with Crippen molar-refractivity contribution in [2.75, 3.05) is 20.3 Å². The Hall–Kier alpha value is -0.120. The molecule has 17 heavy (non-hydrogen) atoms. The average molecular weight is 243 g/mol. The number of hydrogen-bond donors (Lipinski definition) is 2. The van der Waals surface area contributed by atoms with Crippen molar-refractivity contribution in [1.29, 1.82) is 0 Å². The van der Waals surface area contributed by atoms with Gasteiger partial charge in [0.05, 0.1) is 5.60 Å². The van der Waals surface area contributed by atoms with E-state index >= 15 is 0 Å². The van der Waals surface area contributed by atoms with Crippen LogP contribution < -0.4 is 5.32 Å². The molecule has 0 aromatic rings. The van der Waals surface area contributed by atoms with Gasteiger partial charge in [-0.2, -0.15) is 0 Å². The molecule has 0 aromatic carbocycles. The van der Waals surface area contributed by atoms with Gasteiger partial charge in [-0.15, -0.1) is 0 Å². The molecular weight excluding hydrogens is 214 g/mol. The summed E-state index contributed by atoms with van der Waals surface area (Å²) >= 11 is 0. The molecule has 3 heteroatoms. The minimum Gasteiger partial charge on any atom is -0.389 e. The summed E-state index contributed by atoms with van der Waals surface area (Å²) in [6.07, 6.45) is 6.53. The van der Waals surface area contributed by atoms with E-state index in [4.69, 9.17) is 4.74 Å². The van der Waals surface area contributed by atoms with Crippen LogP contribution in [0.1, 0.15) is 52.4 Å². The number of nitrogens with one attached hydrogen (secondary N) is 1. The smallest absolute Gasteiger partial charge is 0.0771 e. The Kier molecular flexibility index (Phi) is 6.45. The second-order valence-corrected chi connectivity index (χ2v) is 5.64. The first-order valence-corrected chi connectivity index (χ1v) is 7.04. The van der Waals surface area contributed by atoms with Gasteiger partial charge in [0.2, 0.25) is 0 Å². The molecule has 0 aromatic heterocycles. The summed E-state index contributed by atoms with van der Waals surface area (Å²) in [4.78, 5) is 0. The molecule has 0 saturated heterocycles. The Balaban J connectivity index is 2.21. The van der Waals surface area contributed by atoms with Gasteiger partial charge in [0.25, 0.3) is 0 Å². The van der Waals surface area contributed by atoms with Crippen molar-refractivity contribution < 1.29 is 9.84 Å². The van der Waals surface area contributed by atoms with Gasteiger partial charge < -0.3 is 15.2 Å². The van der Waals surface area contributed by atoms with Crippen LogP contribution in [0, 0.1) is 5.92 Å². The number of rotatable bonds is 7. The molecule has 1 aliphatic carbocycles. The molecule has 0 bridgehead atoms. The maximum Gasteiger partial charge on any atom is 0.0771 e. The normalized spacial score (nSPS) is 31.4. The minimum absolute atomic E-state index is 0.419. The van der Waals surface area contributed by atoms with E-state index in [0.717, 1.165) is 38.3 Å². The maximum atomic E-state index is 10.5.